The van der Waals surface area contributed by atoms with E-state index in [1.54, 1.807) is 12.1 Å². The number of nitrogens with one attached hydrogen (secondary N) is 4. The summed E-state index contributed by atoms with van der Waals surface area (Å²) >= 11 is 13.4. The number of amides is 2. The second kappa shape index (κ2) is 11.3. The van der Waals surface area contributed by atoms with Gasteiger partial charge in [-0.3, -0.25) is 14.7 Å². The summed E-state index contributed by atoms with van der Waals surface area (Å²) in [4.78, 5) is 37.1. The van der Waals surface area contributed by atoms with E-state index in [1.165, 1.54) is 19.2 Å². The van der Waals surface area contributed by atoms with E-state index in [1.807, 2.05) is 17.7 Å². The Kier molecular flexibility index (Phi) is 7.38. The van der Waals surface area contributed by atoms with Crippen molar-refractivity contribution in [1.29, 1.82) is 0 Å². The van der Waals surface area contributed by atoms with Gasteiger partial charge in [-0.05, 0) is 54.9 Å². The molecule has 11 nitrogen and oxygen atoms in total. The first-order chi connectivity index (χ1) is 20.9. The molecule has 1 saturated heterocycles. The van der Waals surface area contributed by atoms with E-state index in [2.05, 4.69) is 42.1 Å². The van der Waals surface area contributed by atoms with Gasteiger partial charge in [0.1, 0.15) is 6.33 Å². The third kappa shape index (κ3) is 5.51. The van der Waals surface area contributed by atoms with Crippen LogP contribution in [0.15, 0.2) is 30.6 Å². The lowest BCUT2D eigenvalue weighted by Gasteiger charge is -2.26. The van der Waals surface area contributed by atoms with Crippen LogP contribution in [0.4, 0.5) is 17.3 Å². The predicted molar refractivity (Wildman–Crippen MR) is 166 cm³/mol. The number of benzene rings is 2. The molecular weight excluding hydrogens is 589 g/mol. The standard InChI is InChI=1S/C30H33Cl2N9O2/c1-40-24-11-23(41-13-17-9-18(17)14-41)20(28(42)36-19-5-3-2-4-6-19)10-22(24)37-30(40)38-26-21(31)8-7-16(25(26)32)12-33-29(43)27-34-15-35-39-27/h7-8,10-11,15,17-19H,2-6,9,12-14H2,1H3,(H,33,43)(H,36,42)(H,37,38)(H,34,35,39). The molecule has 2 unspecified atom stereocenters. The molecule has 2 aromatic heterocycles. The van der Waals surface area contributed by atoms with Gasteiger partial charge < -0.3 is 25.4 Å². The summed E-state index contributed by atoms with van der Waals surface area (Å²) in [5.74, 6) is 1.66. The molecule has 2 saturated carbocycles. The highest BCUT2D eigenvalue weighted by atomic mass is 35.5. The zero-order chi connectivity index (χ0) is 29.7. The number of halogens is 2. The Morgan fingerprint density at radius 3 is 2.60 bits per heavy atom. The van der Waals surface area contributed by atoms with E-state index in [0.717, 1.165) is 61.8 Å². The largest absolute Gasteiger partial charge is 0.370 e. The number of hydrogen-bond donors (Lipinski definition) is 4. The van der Waals surface area contributed by atoms with Crippen molar-refractivity contribution in [2.24, 2.45) is 18.9 Å². The van der Waals surface area contributed by atoms with Crippen LogP contribution in [0.25, 0.3) is 11.0 Å². The number of fused-ring (bicyclic) bond motifs is 2. The molecule has 3 aliphatic rings. The Morgan fingerprint density at radius 2 is 1.86 bits per heavy atom. The molecule has 224 valence electrons. The van der Waals surface area contributed by atoms with Gasteiger partial charge in [0.05, 0.1) is 38.0 Å². The summed E-state index contributed by atoms with van der Waals surface area (Å²) < 4.78 is 1.95. The van der Waals surface area contributed by atoms with Gasteiger partial charge in [-0.15, -0.1) is 0 Å². The molecule has 7 rings (SSSR count). The van der Waals surface area contributed by atoms with Gasteiger partial charge in [-0.2, -0.15) is 5.10 Å². The van der Waals surface area contributed by atoms with Gasteiger partial charge in [0.25, 0.3) is 11.8 Å². The second-order valence-corrected chi connectivity index (χ2v) is 12.6. The number of aromatic amines is 1. The highest BCUT2D eigenvalue weighted by Crippen LogP contribution is 2.47. The Balaban J connectivity index is 1.18. The number of piperidine rings is 1. The lowest BCUT2D eigenvalue weighted by atomic mass is 9.95. The van der Waals surface area contributed by atoms with Crippen LogP contribution in [0.2, 0.25) is 10.0 Å². The van der Waals surface area contributed by atoms with E-state index in [0.29, 0.717) is 38.3 Å². The normalized spacial score (nSPS) is 19.8. The van der Waals surface area contributed by atoms with Gasteiger partial charge >= 0.3 is 0 Å². The van der Waals surface area contributed by atoms with Crippen LogP contribution in [0.1, 0.15) is 65.1 Å². The van der Waals surface area contributed by atoms with Crippen LogP contribution < -0.4 is 20.9 Å². The summed E-state index contributed by atoms with van der Waals surface area (Å²) in [5, 5.41) is 16.4. The first-order valence-electron chi connectivity index (χ1n) is 14.8. The monoisotopic (exact) mass is 621 g/mol. The zero-order valence-electron chi connectivity index (χ0n) is 23.8. The van der Waals surface area contributed by atoms with Crippen molar-refractivity contribution in [2.45, 2.75) is 51.1 Å². The minimum absolute atomic E-state index is 0.0318. The van der Waals surface area contributed by atoms with Crippen LogP contribution in [0.3, 0.4) is 0 Å². The number of nitrogens with zero attached hydrogens (tertiary/aromatic N) is 5. The predicted octanol–water partition coefficient (Wildman–Crippen LogP) is 5.19. The Bertz CT molecular complexity index is 1690. The van der Waals surface area contributed by atoms with E-state index < -0.39 is 5.91 Å². The summed E-state index contributed by atoms with van der Waals surface area (Å²) in [6.07, 6.45) is 8.15. The molecule has 0 radical (unpaired) electrons. The first kappa shape index (κ1) is 28.0. The summed E-state index contributed by atoms with van der Waals surface area (Å²) in [6, 6.07) is 7.70. The van der Waals surface area contributed by atoms with Crippen molar-refractivity contribution >= 4 is 63.4 Å². The molecule has 3 fully saturated rings. The molecule has 2 aliphatic carbocycles. The maximum absolute atomic E-state index is 13.7. The number of aryl methyl sites for hydroxylation is 1. The first-order valence-corrected chi connectivity index (χ1v) is 15.5. The van der Waals surface area contributed by atoms with Crippen molar-refractivity contribution in [2.75, 3.05) is 23.3 Å². The maximum atomic E-state index is 13.7. The zero-order valence-corrected chi connectivity index (χ0v) is 25.3. The van der Waals surface area contributed by atoms with Crippen molar-refractivity contribution < 1.29 is 9.59 Å². The number of H-pyrrole nitrogens is 1. The van der Waals surface area contributed by atoms with E-state index in [9.17, 15) is 9.59 Å². The smallest absolute Gasteiger partial charge is 0.288 e. The SMILES string of the molecule is Cn1c(Nc2c(Cl)ccc(CNC(=O)c3ncn[nH]3)c2Cl)nc2cc(C(=O)NC3CCCCC3)c(N3CC4CC4C3)cc21. The summed E-state index contributed by atoms with van der Waals surface area (Å²) in [6.45, 7) is 2.12. The fourth-order valence-electron chi connectivity index (χ4n) is 6.42. The number of carbonyl (C=O) groups excluding carboxylic acids is 2. The summed E-state index contributed by atoms with van der Waals surface area (Å²) in [7, 11) is 1.92. The van der Waals surface area contributed by atoms with E-state index in [-0.39, 0.29) is 24.3 Å². The number of hydrogen-bond acceptors (Lipinski definition) is 7. The van der Waals surface area contributed by atoms with Crippen LogP contribution in [0, 0.1) is 11.8 Å². The van der Waals surface area contributed by atoms with Gasteiger partial charge in [0, 0.05) is 32.7 Å². The Labute approximate surface area is 258 Å². The van der Waals surface area contributed by atoms with Gasteiger partial charge in [-0.1, -0.05) is 48.5 Å². The van der Waals surface area contributed by atoms with Crippen molar-refractivity contribution in [1.82, 2.24) is 35.4 Å². The van der Waals surface area contributed by atoms with Crippen molar-refractivity contribution in [3.8, 4) is 0 Å². The Morgan fingerprint density at radius 1 is 1.07 bits per heavy atom. The average molecular weight is 623 g/mol. The minimum atomic E-state index is -0.400. The number of imidazole rings is 1. The third-order valence-electron chi connectivity index (χ3n) is 8.98. The number of carbonyl (C=O) groups is 2. The molecule has 2 amide bonds. The fourth-order valence-corrected chi connectivity index (χ4v) is 6.95. The number of aromatic nitrogens is 5. The van der Waals surface area contributed by atoms with Crippen molar-refractivity contribution in [3.05, 3.63) is 57.6 Å². The molecule has 0 bridgehead atoms. The molecular formula is C30H33Cl2N9O2. The number of anilines is 3. The molecule has 2 atom stereocenters. The topological polar surface area (TPSA) is 133 Å². The number of rotatable bonds is 8. The highest BCUT2D eigenvalue weighted by molar-refractivity contribution is 6.39. The maximum Gasteiger partial charge on any atom is 0.288 e. The van der Waals surface area contributed by atoms with Gasteiger partial charge in [0.2, 0.25) is 11.8 Å². The highest BCUT2D eigenvalue weighted by Gasteiger charge is 2.45. The molecule has 4 N–H and O–H groups in total. The minimum Gasteiger partial charge on any atom is -0.370 e. The molecule has 1 aliphatic heterocycles. The lowest BCUT2D eigenvalue weighted by molar-refractivity contribution is 0.0924. The molecule has 2 aromatic carbocycles. The van der Waals surface area contributed by atoms with Gasteiger partial charge in [0.15, 0.2) is 0 Å². The molecule has 3 heterocycles. The van der Waals surface area contributed by atoms with Crippen LogP contribution in [-0.2, 0) is 13.6 Å². The second-order valence-electron chi connectivity index (χ2n) is 11.9. The lowest BCUT2D eigenvalue weighted by Crippen LogP contribution is -2.37. The fraction of sp³-hybridized carbons (Fsp3) is 0.433. The average Bonchev–Trinajstić information content (AvgIpc) is 3.36. The van der Waals surface area contributed by atoms with Crippen molar-refractivity contribution in [3.63, 3.8) is 0 Å². The van der Waals surface area contributed by atoms with Crippen LogP contribution in [0.5, 0.6) is 0 Å². The molecule has 0 spiro atoms. The molecule has 43 heavy (non-hydrogen) atoms. The third-order valence-corrected chi connectivity index (χ3v) is 9.73. The van der Waals surface area contributed by atoms with Crippen LogP contribution >= 0.6 is 23.2 Å². The van der Waals surface area contributed by atoms with Gasteiger partial charge in [-0.25, -0.2) is 9.97 Å². The van der Waals surface area contributed by atoms with Crippen LogP contribution in [-0.4, -0.2) is 55.7 Å². The Hall–Kier alpha value is -3.83. The molecule has 13 heteroatoms. The van der Waals surface area contributed by atoms with E-state index >= 15 is 0 Å². The van der Waals surface area contributed by atoms with E-state index in [4.69, 9.17) is 28.2 Å². The quantitative estimate of drug-likeness (QED) is 0.213. The molecule has 4 aromatic rings. The summed E-state index contributed by atoms with van der Waals surface area (Å²) in [5.41, 5.74) is 4.37.